The van der Waals surface area contributed by atoms with Gasteiger partial charge in [-0.1, -0.05) is 36.4 Å². The van der Waals surface area contributed by atoms with E-state index in [4.69, 9.17) is 4.74 Å². The number of fused-ring (bicyclic) bond motifs is 2. The number of anilines is 1. The zero-order valence-electron chi connectivity index (χ0n) is 15.9. The molecule has 0 fully saturated rings. The summed E-state index contributed by atoms with van der Waals surface area (Å²) in [5, 5.41) is 0. The number of benzene rings is 2. The Hall–Kier alpha value is -2.82. The summed E-state index contributed by atoms with van der Waals surface area (Å²) < 4.78 is 6.15. The zero-order chi connectivity index (χ0) is 19.2. The molecule has 0 saturated heterocycles. The highest BCUT2D eigenvalue weighted by atomic mass is 16.5. The van der Waals surface area contributed by atoms with Crippen molar-refractivity contribution in [1.82, 2.24) is 4.90 Å². The van der Waals surface area contributed by atoms with Gasteiger partial charge in [0, 0.05) is 31.1 Å². The Morgan fingerprint density at radius 3 is 2.44 bits per heavy atom. The van der Waals surface area contributed by atoms with Gasteiger partial charge < -0.3 is 9.64 Å². The van der Waals surface area contributed by atoms with Crippen molar-refractivity contribution in [3.8, 4) is 5.75 Å². The van der Waals surface area contributed by atoms with Crippen LogP contribution < -0.4 is 9.64 Å². The van der Waals surface area contributed by atoms with Crippen LogP contribution in [0.3, 0.4) is 0 Å². The van der Waals surface area contributed by atoms with Crippen molar-refractivity contribution < 1.29 is 14.3 Å². The lowest BCUT2D eigenvalue weighted by Gasteiger charge is -2.33. The Balaban J connectivity index is 1.67. The number of rotatable bonds is 1. The molecule has 0 spiro atoms. The van der Waals surface area contributed by atoms with E-state index in [0.29, 0.717) is 19.5 Å². The van der Waals surface area contributed by atoms with Crippen LogP contribution in [0.4, 0.5) is 5.69 Å². The van der Waals surface area contributed by atoms with Gasteiger partial charge in [-0.25, -0.2) is 0 Å². The minimum atomic E-state index is -0.505. The number of para-hydroxylation sites is 2. The Bertz CT molecular complexity index is 906. The van der Waals surface area contributed by atoms with Gasteiger partial charge in [-0.2, -0.15) is 0 Å². The number of carbonyl (C=O) groups is 2. The van der Waals surface area contributed by atoms with E-state index in [1.165, 1.54) is 6.92 Å². The fraction of sp³-hybridized carbons (Fsp3) is 0.364. The van der Waals surface area contributed by atoms with Crippen molar-refractivity contribution in [3.05, 3.63) is 59.7 Å². The largest absolute Gasteiger partial charge is 0.486 e. The zero-order valence-corrected chi connectivity index (χ0v) is 15.9. The summed E-state index contributed by atoms with van der Waals surface area (Å²) in [5.41, 5.74) is 2.36. The number of hydrogen-bond acceptors (Lipinski definition) is 3. The summed E-state index contributed by atoms with van der Waals surface area (Å²) in [6.07, 6.45) is 0.550. The van der Waals surface area contributed by atoms with Crippen molar-refractivity contribution in [3.63, 3.8) is 0 Å². The third-order valence-electron chi connectivity index (χ3n) is 5.20. The van der Waals surface area contributed by atoms with Gasteiger partial charge in [0.1, 0.15) is 17.4 Å². The highest BCUT2D eigenvalue weighted by Crippen LogP contribution is 2.35. The smallest absolute Gasteiger partial charge is 0.246 e. The number of hydrogen-bond donors (Lipinski definition) is 0. The molecule has 2 aliphatic rings. The van der Waals surface area contributed by atoms with Gasteiger partial charge in [0.25, 0.3) is 0 Å². The second-order valence-corrected chi connectivity index (χ2v) is 7.90. The van der Waals surface area contributed by atoms with E-state index in [9.17, 15) is 9.59 Å². The average Bonchev–Trinajstić information content (AvgIpc) is 2.94. The lowest BCUT2D eigenvalue weighted by atomic mass is 10.1. The third-order valence-corrected chi connectivity index (χ3v) is 5.20. The Morgan fingerprint density at radius 2 is 1.70 bits per heavy atom. The molecule has 0 aliphatic carbocycles. The molecule has 0 aromatic heterocycles. The topological polar surface area (TPSA) is 49.9 Å². The molecule has 0 N–H and O–H groups in total. The molecule has 0 bridgehead atoms. The Kier molecular flexibility index (Phi) is 4.17. The van der Waals surface area contributed by atoms with Gasteiger partial charge in [-0.15, -0.1) is 0 Å². The minimum absolute atomic E-state index is 0.0326. The molecule has 2 aliphatic heterocycles. The molecule has 27 heavy (non-hydrogen) atoms. The highest BCUT2D eigenvalue weighted by Gasteiger charge is 2.41. The monoisotopic (exact) mass is 364 g/mol. The molecule has 2 aromatic rings. The van der Waals surface area contributed by atoms with Crippen LogP contribution in [0, 0.1) is 0 Å². The summed E-state index contributed by atoms with van der Waals surface area (Å²) >= 11 is 0. The van der Waals surface area contributed by atoms with Gasteiger partial charge >= 0.3 is 0 Å². The molecule has 0 saturated carbocycles. The summed E-state index contributed by atoms with van der Waals surface area (Å²) in [6, 6.07) is 15.1. The van der Waals surface area contributed by atoms with E-state index < -0.39 is 11.6 Å². The van der Waals surface area contributed by atoms with Gasteiger partial charge in [0.2, 0.25) is 11.8 Å². The maximum absolute atomic E-state index is 13.5. The molecule has 0 radical (unpaired) electrons. The van der Waals surface area contributed by atoms with Crippen LogP contribution in [0.5, 0.6) is 5.75 Å². The molecule has 1 atom stereocenters. The first-order valence-corrected chi connectivity index (χ1v) is 9.29. The predicted molar refractivity (Wildman–Crippen MR) is 104 cm³/mol. The second kappa shape index (κ2) is 6.41. The third kappa shape index (κ3) is 3.18. The van der Waals surface area contributed by atoms with Crippen molar-refractivity contribution in [2.75, 3.05) is 11.4 Å². The summed E-state index contributed by atoms with van der Waals surface area (Å²) in [4.78, 5) is 29.3. The first kappa shape index (κ1) is 17.6. The molecule has 5 nitrogen and oxygen atoms in total. The lowest BCUT2D eigenvalue weighted by molar-refractivity contribution is -0.136. The van der Waals surface area contributed by atoms with Crippen LogP contribution in [-0.2, 0) is 22.6 Å². The van der Waals surface area contributed by atoms with E-state index in [0.717, 1.165) is 22.6 Å². The van der Waals surface area contributed by atoms with Crippen LogP contribution in [0.1, 0.15) is 31.9 Å². The molecule has 0 unspecified atom stereocenters. The fourth-order valence-electron chi connectivity index (χ4n) is 4.12. The standard InChI is InChI=1S/C22H24N2O3/c1-15(25)24-18-10-6-4-8-16(18)12-19(24)21(26)23-13-17-9-5-7-11-20(17)27-22(2,3)14-23/h4-11,19H,12-14H2,1-3H3/t19-/m0/s1. The summed E-state index contributed by atoms with van der Waals surface area (Å²) in [6.45, 7) is 6.45. The maximum atomic E-state index is 13.5. The second-order valence-electron chi connectivity index (χ2n) is 7.90. The first-order valence-electron chi connectivity index (χ1n) is 9.29. The number of carbonyl (C=O) groups excluding carboxylic acids is 2. The molecular formula is C22H24N2O3. The van der Waals surface area contributed by atoms with E-state index in [2.05, 4.69) is 0 Å². The van der Waals surface area contributed by atoms with Crippen molar-refractivity contribution in [2.45, 2.75) is 45.4 Å². The van der Waals surface area contributed by atoms with E-state index in [1.807, 2.05) is 67.3 Å². The van der Waals surface area contributed by atoms with E-state index in [1.54, 1.807) is 4.90 Å². The quantitative estimate of drug-likeness (QED) is 0.781. The summed E-state index contributed by atoms with van der Waals surface area (Å²) in [7, 11) is 0. The molecule has 2 heterocycles. The normalized spacial score (nSPS) is 20.3. The summed E-state index contributed by atoms with van der Waals surface area (Å²) in [5.74, 6) is 0.676. The van der Waals surface area contributed by atoms with Gasteiger partial charge in [0.15, 0.2) is 0 Å². The van der Waals surface area contributed by atoms with Crippen LogP contribution in [0.25, 0.3) is 0 Å². The van der Waals surface area contributed by atoms with Crippen molar-refractivity contribution in [2.24, 2.45) is 0 Å². The van der Waals surface area contributed by atoms with Crippen LogP contribution in [0.15, 0.2) is 48.5 Å². The van der Waals surface area contributed by atoms with E-state index in [-0.39, 0.29) is 11.8 Å². The predicted octanol–water partition coefficient (Wildman–Crippen LogP) is 3.16. The number of ether oxygens (including phenoxy) is 1. The first-order chi connectivity index (χ1) is 12.9. The highest BCUT2D eigenvalue weighted by molar-refractivity contribution is 6.02. The van der Waals surface area contributed by atoms with Crippen molar-refractivity contribution in [1.29, 1.82) is 0 Å². The molecule has 2 aromatic carbocycles. The van der Waals surface area contributed by atoms with E-state index >= 15 is 0 Å². The van der Waals surface area contributed by atoms with Crippen LogP contribution in [0.2, 0.25) is 0 Å². The Morgan fingerprint density at radius 1 is 1.04 bits per heavy atom. The van der Waals surface area contributed by atoms with Crippen LogP contribution in [-0.4, -0.2) is 34.9 Å². The SMILES string of the molecule is CC(=O)N1c2ccccc2C[C@H]1C(=O)N1Cc2ccccc2OC(C)(C)C1. The maximum Gasteiger partial charge on any atom is 0.246 e. The van der Waals surface area contributed by atoms with Crippen molar-refractivity contribution >= 4 is 17.5 Å². The average molecular weight is 364 g/mol. The molecule has 4 rings (SSSR count). The minimum Gasteiger partial charge on any atom is -0.486 e. The molecule has 5 heteroatoms. The van der Waals surface area contributed by atoms with Gasteiger partial charge in [0.05, 0.1) is 6.54 Å². The lowest BCUT2D eigenvalue weighted by Crippen LogP contribution is -2.52. The fourth-order valence-corrected chi connectivity index (χ4v) is 4.12. The van der Waals surface area contributed by atoms with Gasteiger partial charge in [-0.05, 0) is 31.5 Å². The van der Waals surface area contributed by atoms with Gasteiger partial charge in [-0.3, -0.25) is 14.5 Å². The van der Waals surface area contributed by atoms with Crippen LogP contribution >= 0.6 is 0 Å². The molecule has 2 amide bonds. The number of amides is 2. The molecule has 140 valence electrons. The Labute approximate surface area is 159 Å². The number of nitrogens with zero attached hydrogens (tertiary/aromatic N) is 2. The molecular weight excluding hydrogens is 340 g/mol.